The number of likely N-dealkylation sites (N-methyl/N-ethyl adjacent to an activating group) is 1. The Bertz CT molecular complexity index is 694. The van der Waals surface area contributed by atoms with E-state index in [0.29, 0.717) is 11.4 Å². The number of hydrogen-bond donors (Lipinski definition) is 2. The van der Waals surface area contributed by atoms with Crippen molar-refractivity contribution < 1.29 is 9.53 Å². The number of carbonyl (C=O) groups is 1. The highest BCUT2D eigenvalue weighted by Gasteiger charge is 2.15. The Kier molecular flexibility index (Phi) is 5.35. The number of hydrogen-bond acceptors (Lipinski definition) is 5. The standard InChI is InChI=1S/C18H23N5O2/c1-22-9-11-23(12-10-22)17-8-5-15(13-19-17)21-18(24)20-14-3-6-16(25-2)7-4-14/h3-8,13H,9-12H2,1-2H3,(H2,20,21,24). The molecule has 1 fully saturated rings. The predicted octanol–water partition coefficient (Wildman–Crippen LogP) is 2.49. The van der Waals surface area contributed by atoms with E-state index in [4.69, 9.17) is 4.74 Å². The molecule has 2 aromatic rings. The van der Waals surface area contributed by atoms with Gasteiger partial charge in [-0.25, -0.2) is 9.78 Å². The molecule has 3 rings (SSSR count). The monoisotopic (exact) mass is 341 g/mol. The van der Waals surface area contributed by atoms with Crippen molar-refractivity contribution in [1.29, 1.82) is 0 Å². The number of piperazine rings is 1. The molecule has 0 saturated carbocycles. The third kappa shape index (κ3) is 4.60. The zero-order valence-electron chi connectivity index (χ0n) is 14.5. The number of benzene rings is 1. The number of pyridine rings is 1. The lowest BCUT2D eigenvalue weighted by molar-refractivity contribution is 0.262. The summed E-state index contributed by atoms with van der Waals surface area (Å²) in [6.45, 7) is 4.00. The van der Waals surface area contributed by atoms with Gasteiger partial charge in [-0.3, -0.25) is 0 Å². The fourth-order valence-electron chi connectivity index (χ4n) is 2.65. The minimum Gasteiger partial charge on any atom is -0.497 e. The zero-order valence-corrected chi connectivity index (χ0v) is 14.5. The van der Waals surface area contributed by atoms with Crippen molar-refractivity contribution in [1.82, 2.24) is 9.88 Å². The second-order valence-electron chi connectivity index (χ2n) is 6.00. The van der Waals surface area contributed by atoms with Crippen LogP contribution in [0.5, 0.6) is 5.75 Å². The maximum atomic E-state index is 12.1. The number of methoxy groups -OCH3 is 1. The molecule has 0 unspecified atom stereocenters. The molecule has 2 amide bonds. The van der Waals surface area contributed by atoms with Crippen LogP contribution in [0.3, 0.4) is 0 Å². The van der Waals surface area contributed by atoms with Gasteiger partial charge >= 0.3 is 6.03 Å². The minimum atomic E-state index is -0.306. The van der Waals surface area contributed by atoms with Gasteiger partial charge in [0.25, 0.3) is 0 Å². The van der Waals surface area contributed by atoms with Crippen molar-refractivity contribution in [3.05, 3.63) is 42.6 Å². The lowest BCUT2D eigenvalue weighted by Crippen LogP contribution is -2.44. The van der Waals surface area contributed by atoms with Crippen LogP contribution in [0.4, 0.5) is 22.0 Å². The van der Waals surface area contributed by atoms with Gasteiger partial charge in [-0.1, -0.05) is 0 Å². The van der Waals surface area contributed by atoms with Crippen LogP contribution in [0.1, 0.15) is 0 Å². The predicted molar refractivity (Wildman–Crippen MR) is 99.6 cm³/mol. The van der Waals surface area contributed by atoms with Crippen molar-refractivity contribution >= 4 is 23.2 Å². The Hall–Kier alpha value is -2.80. The summed E-state index contributed by atoms with van der Waals surface area (Å²) in [4.78, 5) is 21.1. The van der Waals surface area contributed by atoms with E-state index in [1.54, 1.807) is 37.6 Å². The summed E-state index contributed by atoms with van der Waals surface area (Å²) < 4.78 is 5.09. The van der Waals surface area contributed by atoms with E-state index in [0.717, 1.165) is 37.7 Å². The Labute approximate surface area is 147 Å². The molecule has 25 heavy (non-hydrogen) atoms. The summed E-state index contributed by atoms with van der Waals surface area (Å²) in [5, 5.41) is 5.56. The van der Waals surface area contributed by atoms with Gasteiger partial charge in [-0.2, -0.15) is 0 Å². The lowest BCUT2D eigenvalue weighted by atomic mass is 10.3. The van der Waals surface area contributed by atoms with E-state index in [-0.39, 0.29) is 6.03 Å². The molecule has 1 aliphatic rings. The van der Waals surface area contributed by atoms with Crippen molar-refractivity contribution in [3.63, 3.8) is 0 Å². The molecule has 0 aliphatic carbocycles. The molecule has 2 heterocycles. The van der Waals surface area contributed by atoms with Crippen molar-refractivity contribution in [2.45, 2.75) is 0 Å². The second kappa shape index (κ2) is 7.85. The fraction of sp³-hybridized carbons (Fsp3) is 0.333. The number of amides is 2. The maximum Gasteiger partial charge on any atom is 0.323 e. The van der Waals surface area contributed by atoms with Crippen LogP contribution in [-0.2, 0) is 0 Å². The minimum absolute atomic E-state index is 0.306. The quantitative estimate of drug-likeness (QED) is 0.894. The highest BCUT2D eigenvalue weighted by atomic mass is 16.5. The molecule has 1 aliphatic heterocycles. The second-order valence-corrected chi connectivity index (χ2v) is 6.00. The Morgan fingerprint density at radius 2 is 1.64 bits per heavy atom. The third-order valence-corrected chi connectivity index (χ3v) is 4.18. The topological polar surface area (TPSA) is 69.7 Å². The van der Waals surface area contributed by atoms with Crippen LogP contribution in [0.15, 0.2) is 42.6 Å². The number of urea groups is 1. The van der Waals surface area contributed by atoms with Gasteiger partial charge in [0.05, 0.1) is 19.0 Å². The smallest absolute Gasteiger partial charge is 0.323 e. The molecule has 0 spiro atoms. The average Bonchev–Trinajstić information content (AvgIpc) is 2.64. The molecule has 132 valence electrons. The summed E-state index contributed by atoms with van der Waals surface area (Å²) >= 11 is 0. The van der Waals surface area contributed by atoms with Crippen LogP contribution in [0.25, 0.3) is 0 Å². The first-order valence-corrected chi connectivity index (χ1v) is 8.25. The largest absolute Gasteiger partial charge is 0.497 e. The van der Waals surface area contributed by atoms with Crippen LogP contribution in [0.2, 0.25) is 0 Å². The van der Waals surface area contributed by atoms with Gasteiger partial charge in [-0.15, -0.1) is 0 Å². The van der Waals surface area contributed by atoms with E-state index in [1.807, 2.05) is 12.1 Å². The van der Waals surface area contributed by atoms with E-state index in [1.165, 1.54) is 0 Å². The first-order chi connectivity index (χ1) is 12.1. The molecular formula is C18H23N5O2. The average molecular weight is 341 g/mol. The maximum absolute atomic E-state index is 12.1. The fourth-order valence-corrected chi connectivity index (χ4v) is 2.65. The van der Waals surface area contributed by atoms with E-state index in [2.05, 4.69) is 32.5 Å². The summed E-state index contributed by atoms with van der Waals surface area (Å²) in [5.74, 6) is 1.68. The van der Waals surface area contributed by atoms with E-state index in [9.17, 15) is 4.79 Å². The highest BCUT2D eigenvalue weighted by molar-refractivity contribution is 5.99. The van der Waals surface area contributed by atoms with Crippen LogP contribution >= 0.6 is 0 Å². The van der Waals surface area contributed by atoms with E-state index < -0.39 is 0 Å². The molecule has 1 aromatic carbocycles. The summed E-state index contributed by atoms with van der Waals surface area (Å²) in [5.41, 5.74) is 1.35. The first-order valence-electron chi connectivity index (χ1n) is 8.25. The van der Waals surface area contributed by atoms with Crippen molar-refractivity contribution in [2.75, 3.05) is 55.9 Å². The number of carbonyl (C=O) groups excluding carboxylic acids is 1. The number of anilines is 3. The van der Waals surface area contributed by atoms with Crippen LogP contribution in [0, 0.1) is 0 Å². The third-order valence-electron chi connectivity index (χ3n) is 4.18. The van der Waals surface area contributed by atoms with Crippen molar-refractivity contribution in [2.24, 2.45) is 0 Å². The molecular weight excluding hydrogens is 318 g/mol. The van der Waals surface area contributed by atoms with Crippen molar-refractivity contribution in [3.8, 4) is 5.75 Å². The SMILES string of the molecule is COc1ccc(NC(=O)Nc2ccc(N3CCN(C)CC3)nc2)cc1. The van der Waals surface area contributed by atoms with Gasteiger partial charge in [0, 0.05) is 31.9 Å². The summed E-state index contributed by atoms with van der Waals surface area (Å²) in [6, 6.07) is 10.7. The molecule has 1 aromatic heterocycles. The number of nitrogens with one attached hydrogen (secondary N) is 2. The highest BCUT2D eigenvalue weighted by Crippen LogP contribution is 2.17. The zero-order chi connectivity index (χ0) is 17.6. The molecule has 0 radical (unpaired) electrons. The first kappa shape index (κ1) is 17.0. The van der Waals surface area contributed by atoms with E-state index >= 15 is 0 Å². The number of aromatic nitrogens is 1. The van der Waals surface area contributed by atoms with Gasteiger partial charge in [0.1, 0.15) is 11.6 Å². The number of ether oxygens (including phenoxy) is 1. The Morgan fingerprint density at radius 1 is 1.00 bits per heavy atom. The molecule has 0 bridgehead atoms. The summed E-state index contributed by atoms with van der Waals surface area (Å²) in [6.07, 6.45) is 1.68. The molecule has 0 atom stereocenters. The molecule has 2 N–H and O–H groups in total. The molecule has 1 saturated heterocycles. The van der Waals surface area contributed by atoms with Gasteiger partial charge in [0.2, 0.25) is 0 Å². The Balaban J connectivity index is 1.54. The van der Waals surface area contributed by atoms with Gasteiger partial charge in [0.15, 0.2) is 0 Å². The van der Waals surface area contributed by atoms with Gasteiger partial charge in [-0.05, 0) is 43.4 Å². The summed E-state index contributed by atoms with van der Waals surface area (Å²) in [7, 11) is 3.73. The van der Waals surface area contributed by atoms with Crippen LogP contribution < -0.4 is 20.3 Å². The molecule has 7 heteroatoms. The van der Waals surface area contributed by atoms with Gasteiger partial charge < -0.3 is 25.2 Å². The lowest BCUT2D eigenvalue weighted by Gasteiger charge is -2.33. The Morgan fingerprint density at radius 3 is 2.24 bits per heavy atom. The molecule has 7 nitrogen and oxygen atoms in total. The number of nitrogens with zero attached hydrogens (tertiary/aromatic N) is 3. The normalized spacial score (nSPS) is 14.9. The number of rotatable bonds is 4. The van der Waals surface area contributed by atoms with Crippen LogP contribution in [-0.4, -0.2) is 56.3 Å².